The van der Waals surface area contributed by atoms with Crippen molar-refractivity contribution in [1.82, 2.24) is 9.80 Å². The molecule has 0 N–H and O–H groups in total. The van der Waals surface area contributed by atoms with Crippen LogP contribution in [0.25, 0.3) is 0 Å². The molecule has 1 aliphatic rings. The number of likely N-dealkylation sites (N-methyl/N-ethyl adjacent to an activating group) is 1. The number of alkyl halides is 3. The second-order valence-electron chi connectivity index (χ2n) is 6.12. The van der Waals surface area contributed by atoms with E-state index < -0.39 is 12.2 Å². The molecule has 1 aromatic carbocycles. The number of rotatable bonds is 4. The summed E-state index contributed by atoms with van der Waals surface area (Å²) in [4.78, 5) is 15.0. The van der Waals surface area contributed by atoms with E-state index in [0.717, 1.165) is 5.56 Å². The summed E-state index contributed by atoms with van der Waals surface area (Å²) >= 11 is 0. The molecular weight excluding hydrogens is 321 g/mol. The number of carbonyl (C=O) groups is 1. The predicted octanol–water partition coefficient (Wildman–Crippen LogP) is 2.72. The van der Waals surface area contributed by atoms with Gasteiger partial charge in [0.15, 0.2) is 0 Å². The molecule has 1 amide bonds. The maximum atomic E-state index is 13.2. The summed E-state index contributed by atoms with van der Waals surface area (Å²) in [6.07, 6.45) is -4.26. The maximum absolute atomic E-state index is 13.2. The van der Waals surface area contributed by atoms with Gasteiger partial charge in [0.2, 0.25) is 5.91 Å². The Morgan fingerprint density at radius 3 is 2.42 bits per heavy atom. The van der Waals surface area contributed by atoms with E-state index in [9.17, 15) is 18.0 Å². The highest BCUT2D eigenvalue weighted by atomic mass is 19.4. The van der Waals surface area contributed by atoms with Crippen LogP contribution in [-0.4, -0.2) is 60.7 Å². The van der Waals surface area contributed by atoms with Gasteiger partial charge in [-0.2, -0.15) is 13.2 Å². The minimum absolute atomic E-state index is 0.0907. The van der Waals surface area contributed by atoms with Crippen molar-refractivity contribution < 1.29 is 22.7 Å². The first-order valence-electron chi connectivity index (χ1n) is 8.00. The van der Waals surface area contributed by atoms with Gasteiger partial charge in [-0.3, -0.25) is 9.69 Å². The largest absolute Gasteiger partial charge is 0.494 e. The number of benzene rings is 1. The molecule has 24 heavy (non-hydrogen) atoms. The molecule has 0 radical (unpaired) electrons. The van der Waals surface area contributed by atoms with Gasteiger partial charge in [-0.25, -0.2) is 0 Å². The fourth-order valence-electron chi connectivity index (χ4n) is 2.86. The molecule has 0 aromatic heterocycles. The number of hydrogen-bond acceptors (Lipinski definition) is 3. The predicted molar refractivity (Wildman–Crippen MR) is 85.0 cm³/mol. The molecule has 0 bridgehead atoms. The average Bonchev–Trinajstić information content (AvgIpc) is 2.50. The van der Waals surface area contributed by atoms with Crippen LogP contribution in [0.4, 0.5) is 13.2 Å². The summed E-state index contributed by atoms with van der Waals surface area (Å²) in [6, 6.07) is 5.10. The summed E-state index contributed by atoms with van der Waals surface area (Å²) in [5.74, 6) is 0.424. The highest BCUT2D eigenvalue weighted by molar-refractivity contribution is 5.79. The first-order chi connectivity index (χ1) is 11.2. The van der Waals surface area contributed by atoms with Crippen molar-refractivity contribution in [2.45, 2.75) is 38.5 Å². The number of ether oxygens (including phenoxy) is 1. The van der Waals surface area contributed by atoms with Crippen LogP contribution in [0.3, 0.4) is 0 Å². The second-order valence-corrected chi connectivity index (χ2v) is 6.12. The Bertz CT molecular complexity index is 560. The van der Waals surface area contributed by atoms with Crippen LogP contribution in [-0.2, 0) is 11.2 Å². The highest BCUT2D eigenvalue weighted by Crippen LogP contribution is 2.29. The van der Waals surface area contributed by atoms with Crippen LogP contribution >= 0.6 is 0 Å². The molecular formula is C17H23F3N2O2. The summed E-state index contributed by atoms with van der Waals surface area (Å²) in [7, 11) is 1.46. The van der Waals surface area contributed by atoms with Gasteiger partial charge in [0, 0.05) is 19.1 Å². The Morgan fingerprint density at radius 1 is 1.25 bits per heavy atom. The highest BCUT2D eigenvalue weighted by Gasteiger charge is 2.47. The van der Waals surface area contributed by atoms with Gasteiger partial charge >= 0.3 is 6.18 Å². The third-order valence-corrected chi connectivity index (χ3v) is 4.39. The SMILES string of the molecule is CCOc1ccc(CC(=O)N2CC(C)N(C)C(C(F)(F)F)C2)cc1. The van der Waals surface area contributed by atoms with Crippen molar-refractivity contribution in [3.05, 3.63) is 29.8 Å². The standard InChI is InChI=1S/C17H23F3N2O2/c1-4-24-14-7-5-13(6-8-14)9-16(23)22-10-12(2)21(3)15(11-22)17(18,19)20/h5-8,12,15H,4,9-11H2,1-3H3. The molecule has 4 nitrogen and oxygen atoms in total. The number of nitrogens with zero attached hydrogens (tertiary/aromatic N) is 2. The van der Waals surface area contributed by atoms with Crippen molar-refractivity contribution in [3.63, 3.8) is 0 Å². The van der Waals surface area contributed by atoms with E-state index in [0.29, 0.717) is 18.9 Å². The monoisotopic (exact) mass is 344 g/mol. The lowest BCUT2D eigenvalue weighted by molar-refractivity contribution is -0.200. The smallest absolute Gasteiger partial charge is 0.405 e. The molecule has 1 fully saturated rings. The van der Waals surface area contributed by atoms with Gasteiger partial charge in [-0.15, -0.1) is 0 Å². The lowest BCUT2D eigenvalue weighted by atomic mass is 10.1. The molecule has 1 aromatic rings. The molecule has 2 rings (SSSR count). The maximum Gasteiger partial charge on any atom is 0.405 e. The van der Waals surface area contributed by atoms with Crippen LogP contribution in [0, 0.1) is 0 Å². The Hall–Kier alpha value is -1.76. The Labute approximate surface area is 140 Å². The molecule has 0 spiro atoms. The van der Waals surface area contributed by atoms with Crippen molar-refractivity contribution >= 4 is 5.91 Å². The zero-order chi connectivity index (χ0) is 17.9. The number of amides is 1. The Kier molecular flexibility index (Phi) is 5.74. The van der Waals surface area contributed by atoms with E-state index in [1.165, 1.54) is 16.8 Å². The van der Waals surface area contributed by atoms with E-state index in [2.05, 4.69) is 0 Å². The van der Waals surface area contributed by atoms with Crippen LogP contribution in [0.5, 0.6) is 5.75 Å². The van der Waals surface area contributed by atoms with Gasteiger partial charge in [0.1, 0.15) is 11.8 Å². The fourth-order valence-corrected chi connectivity index (χ4v) is 2.86. The molecule has 2 unspecified atom stereocenters. The lowest BCUT2D eigenvalue weighted by Gasteiger charge is -2.44. The van der Waals surface area contributed by atoms with Crippen LogP contribution < -0.4 is 4.74 Å². The van der Waals surface area contributed by atoms with E-state index in [1.54, 1.807) is 31.2 Å². The molecule has 0 saturated carbocycles. The molecule has 0 aliphatic carbocycles. The van der Waals surface area contributed by atoms with E-state index in [1.807, 2.05) is 6.92 Å². The van der Waals surface area contributed by atoms with Crippen LogP contribution in [0.2, 0.25) is 0 Å². The second kappa shape index (κ2) is 7.42. The van der Waals surface area contributed by atoms with Gasteiger partial charge in [0.25, 0.3) is 0 Å². The van der Waals surface area contributed by atoms with Gasteiger partial charge in [0.05, 0.1) is 13.0 Å². The number of piperazine rings is 1. The normalized spacial score (nSPS) is 22.5. The van der Waals surface area contributed by atoms with Crippen molar-refractivity contribution in [3.8, 4) is 5.75 Å². The minimum Gasteiger partial charge on any atom is -0.494 e. The zero-order valence-corrected chi connectivity index (χ0v) is 14.1. The molecule has 134 valence electrons. The zero-order valence-electron chi connectivity index (χ0n) is 14.1. The third-order valence-electron chi connectivity index (χ3n) is 4.39. The topological polar surface area (TPSA) is 32.8 Å². The van der Waals surface area contributed by atoms with E-state index in [-0.39, 0.29) is 24.9 Å². The third kappa shape index (κ3) is 4.41. The van der Waals surface area contributed by atoms with Crippen LogP contribution in [0.1, 0.15) is 19.4 Å². The summed E-state index contributed by atoms with van der Waals surface area (Å²) in [6.45, 7) is 4.12. The number of halogens is 3. The fraction of sp³-hybridized carbons (Fsp3) is 0.588. The lowest BCUT2D eigenvalue weighted by Crippen LogP contribution is -2.62. The number of hydrogen-bond donors (Lipinski definition) is 0. The van der Waals surface area contributed by atoms with Gasteiger partial charge < -0.3 is 9.64 Å². The van der Waals surface area contributed by atoms with Crippen molar-refractivity contribution in [1.29, 1.82) is 0 Å². The van der Waals surface area contributed by atoms with Gasteiger partial charge in [-0.1, -0.05) is 12.1 Å². The average molecular weight is 344 g/mol. The van der Waals surface area contributed by atoms with E-state index >= 15 is 0 Å². The molecule has 7 heteroatoms. The summed E-state index contributed by atoms with van der Waals surface area (Å²) < 4.78 is 44.8. The summed E-state index contributed by atoms with van der Waals surface area (Å²) in [5, 5.41) is 0. The molecule has 2 atom stereocenters. The molecule has 1 heterocycles. The summed E-state index contributed by atoms with van der Waals surface area (Å²) in [5.41, 5.74) is 0.763. The minimum atomic E-state index is -4.35. The van der Waals surface area contributed by atoms with Crippen LogP contribution in [0.15, 0.2) is 24.3 Å². The molecule has 1 aliphatic heterocycles. The first-order valence-corrected chi connectivity index (χ1v) is 8.00. The van der Waals surface area contributed by atoms with Crippen molar-refractivity contribution in [2.24, 2.45) is 0 Å². The quantitative estimate of drug-likeness (QED) is 0.842. The van der Waals surface area contributed by atoms with Crippen molar-refractivity contribution in [2.75, 3.05) is 26.7 Å². The molecule has 1 saturated heterocycles. The number of carbonyl (C=O) groups excluding carboxylic acids is 1. The Morgan fingerprint density at radius 2 is 1.88 bits per heavy atom. The van der Waals surface area contributed by atoms with E-state index in [4.69, 9.17) is 4.74 Å². The Balaban J connectivity index is 2.03. The first kappa shape index (κ1) is 18.6. The van der Waals surface area contributed by atoms with Gasteiger partial charge in [-0.05, 0) is 38.6 Å².